The van der Waals surface area contributed by atoms with E-state index in [1.54, 1.807) is 0 Å². The highest BCUT2D eigenvalue weighted by Crippen LogP contribution is 2.61. The van der Waals surface area contributed by atoms with Crippen LogP contribution in [0, 0.1) is 0 Å². The lowest BCUT2D eigenvalue weighted by Gasteiger charge is -2.27. The van der Waals surface area contributed by atoms with Crippen molar-refractivity contribution in [2.75, 3.05) is 14.7 Å². The third-order valence-corrected chi connectivity index (χ3v) is 17.2. The molecular formula is C74H45N3O3. The number of allylic oxidation sites excluding steroid dienone is 2. The zero-order valence-electron chi connectivity index (χ0n) is 43.0. The topological polar surface area (TPSA) is 49.1 Å². The molecule has 6 nitrogen and oxygen atoms in total. The van der Waals surface area contributed by atoms with Crippen LogP contribution in [0.5, 0.6) is 0 Å². The lowest BCUT2D eigenvalue weighted by molar-refractivity contribution is 0.668. The number of para-hydroxylation sites is 7. The Hall–Kier alpha value is -10.6. The zero-order chi connectivity index (χ0) is 52.2. The number of hydrogen-bond donors (Lipinski definition) is 0. The first-order valence-electron chi connectivity index (χ1n) is 27.4. The molecule has 0 amide bonds. The molecule has 0 spiro atoms. The number of anilines is 8. The van der Waals surface area contributed by atoms with E-state index in [1.807, 2.05) is 18.2 Å². The van der Waals surface area contributed by atoms with Crippen LogP contribution in [0.15, 0.2) is 274 Å². The van der Waals surface area contributed by atoms with E-state index >= 15 is 0 Å². The van der Waals surface area contributed by atoms with Crippen molar-refractivity contribution in [1.82, 2.24) is 0 Å². The predicted octanol–water partition coefficient (Wildman–Crippen LogP) is 20.7. The third kappa shape index (κ3) is 6.30. The normalized spacial score (nSPS) is 15.4. The van der Waals surface area contributed by atoms with Crippen LogP contribution >= 0.6 is 0 Å². The van der Waals surface area contributed by atoms with Crippen molar-refractivity contribution < 1.29 is 13.3 Å². The fourth-order valence-electron chi connectivity index (χ4n) is 13.7. The van der Waals surface area contributed by atoms with Crippen LogP contribution < -0.4 is 14.7 Å². The summed E-state index contributed by atoms with van der Waals surface area (Å²) in [5.74, 6) is 0.0938. The minimum Gasteiger partial charge on any atom is -0.456 e. The van der Waals surface area contributed by atoms with Gasteiger partial charge < -0.3 is 28.0 Å². The van der Waals surface area contributed by atoms with E-state index < -0.39 is 0 Å². The average Bonchev–Trinajstić information content (AvgIpc) is 4.52. The summed E-state index contributed by atoms with van der Waals surface area (Å²) < 4.78 is 19.8. The molecule has 6 heteroatoms. The fourth-order valence-corrected chi connectivity index (χ4v) is 13.7. The molecule has 18 rings (SSSR count). The van der Waals surface area contributed by atoms with Crippen LogP contribution in [0.3, 0.4) is 0 Å². The van der Waals surface area contributed by atoms with Crippen molar-refractivity contribution in [3.8, 4) is 0 Å². The van der Waals surface area contributed by atoms with E-state index in [1.165, 1.54) is 55.4 Å². The Kier molecular flexibility index (Phi) is 8.97. The summed E-state index contributed by atoms with van der Waals surface area (Å²) in [6.07, 6.45) is 5.00. The van der Waals surface area contributed by atoms with Crippen LogP contribution in [0.25, 0.3) is 98.5 Å². The van der Waals surface area contributed by atoms with E-state index in [2.05, 4.69) is 257 Å². The minimum atomic E-state index is 0.0767. The van der Waals surface area contributed by atoms with Crippen LogP contribution in [-0.2, 0) is 0 Å². The highest BCUT2D eigenvalue weighted by molar-refractivity contribution is 6.14. The molecular weight excluding hydrogens is 979 g/mol. The second-order valence-electron chi connectivity index (χ2n) is 21.6. The number of benzene rings is 12. The van der Waals surface area contributed by atoms with E-state index in [4.69, 9.17) is 13.3 Å². The molecule has 2 aliphatic heterocycles. The van der Waals surface area contributed by atoms with Gasteiger partial charge >= 0.3 is 0 Å². The van der Waals surface area contributed by atoms with Gasteiger partial charge in [0.15, 0.2) is 11.2 Å². The lowest BCUT2D eigenvalue weighted by atomic mass is 9.80. The van der Waals surface area contributed by atoms with Gasteiger partial charge in [0.25, 0.3) is 0 Å². The molecule has 0 saturated carbocycles. The van der Waals surface area contributed by atoms with Gasteiger partial charge in [0.05, 0.1) is 23.1 Å². The van der Waals surface area contributed by atoms with Crippen molar-refractivity contribution >= 4 is 144 Å². The summed E-state index contributed by atoms with van der Waals surface area (Å²) in [5.41, 5.74) is 20.3. The van der Waals surface area contributed by atoms with Crippen LogP contribution in [0.2, 0.25) is 0 Å². The highest BCUT2D eigenvalue weighted by Gasteiger charge is 2.48. The Morgan fingerprint density at radius 3 is 1.48 bits per heavy atom. The molecule has 3 aromatic heterocycles. The Morgan fingerprint density at radius 1 is 0.350 bits per heavy atom. The fraction of sp³-hybridized carbons (Fsp3) is 0.0270. The third-order valence-electron chi connectivity index (χ3n) is 17.2. The molecule has 374 valence electrons. The summed E-state index contributed by atoms with van der Waals surface area (Å²) in [4.78, 5) is 7.33. The molecule has 5 heterocycles. The summed E-state index contributed by atoms with van der Waals surface area (Å²) in [7, 11) is 0. The first kappa shape index (κ1) is 43.5. The maximum absolute atomic E-state index is 6.71. The number of rotatable bonds is 7. The highest BCUT2D eigenvalue weighted by atomic mass is 16.3. The van der Waals surface area contributed by atoms with Gasteiger partial charge in [0.2, 0.25) is 0 Å². The van der Waals surface area contributed by atoms with Gasteiger partial charge in [-0.05, 0) is 165 Å². The van der Waals surface area contributed by atoms with Crippen LogP contribution in [0.1, 0.15) is 22.6 Å². The van der Waals surface area contributed by atoms with Gasteiger partial charge in [-0.1, -0.05) is 140 Å². The largest absolute Gasteiger partial charge is 0.456 e. The Balaban J connectivity index is 0.830. The van der Waals surface area contributed by atoms with E-state index in [9.17, 15) is 0 Å². The smallest absolute Gasteiger partial charge is 0.159 e. The standard InChI is InChI=1S/C74H45N3O3/c1-3-15-50(16-4-1)75(64-24-13-22-57-54-19-7-11-27-69(54)79-73(57)64)52-32-29-44-37-59-62-40-49(46-31-34-71-61(39-46)56-21-9-10-26-68(56)78-71)41-63-60-38-45-30-33-53(36-48(45)43-67(60)77(72(62)63)66(59)42-47(44)35-52)76(51-17-5-2-6-18-51)65-25-14-23-58-55-20-8-12-28-70(55)80-74(58)65/h1-43,62,72H. The van der Waals surface area contributed by atoms with Crippen LogP contribution in [-0.4, -0.2) is 6.04 Å². The van der Waals surface area contributed by atoms with E-state index in [0.29, 0.717) is 0 Å². The molecule has 0 saturated heterocycles. The molecule has 0 bridgehead atoms. The molecule has 12 aromatic carbocycles. The monoisotopic (exact) mass is 1020 g/mol. The van der Waals surface area contributed by atoms with Gasteiger partial charge in [-0.3, -0.25) is 0 Å². The molecule has 15 aromatic rings. The summed E-state index contributed by atoms with van der Waals surface area (Å²) in [6, 6.07) is 89.7. The quantitative estimate of drug-likeness (QED) is 0.159. The van der Waals surface area contributed by atoms with Crippen molar-refractivity contribution in [1.29, 1.82) is 0 Å². The van der Waals surface area contributed by atoms with Gasteiger partial charge in [-0.2, -0.15) is 0 Å². The van der Waals surface area contributed by atoms with E-state index in [-0.39, 0.29) is 12.0 Å². The lowest BCUT2D eigenvalue weighted by Crippen LogP contribution is -2.26. The van der Waals surface area contributed by atoms with Gasteiger partial charge in [-0.15, -0.1) is 0 Å². The van der Waals surface area contributed by atoms with Gasteiger partial charge in [-0.25, -0.2) is 0 Å². The second kappa shape index (κ2) is 16.5. The number of nitrogens with zero attached hydrogens (tertiary/aromatic N) is 3. The average molecular weight is 1020 g/mol. The molecule has 2 atom stereocenters. The van der Waals surface area contributed by atoms with Crippen molar-refractivity contribution in [2.45, 2.75) is 12.0 Å². The van der Waals surface area contributed by atoms with Crippen molar-refractivity contribution in [2.24, 2.45) is 0 Å². The minimum absolute atomic E-state index is 0.0767. The van der Waals surface area contributed by atoms with Crippen molar-refractivity contribution in [3.63, 3.8) is 0 Å². The molecule has 0 fully saturated rings. The second-order valence-corrected chi connectivity index (χ2v) is 21.6. The Morgan fingerprint density at radius 2 is 0.863 bits per heavy atom. The molecule has 3 aliphatic rings. The maximum atomic E-state index is 6.71. The maximum Gasteiger partial charge on any atom is 0.159 e. The summed E-state index contributed by atoms with van der Waals surface area (Å²) >= 11 is 0. The molecule has 0 radical (unpaired) electrons. The zero-order valence-corrected chi connectivity index (χ0v) is 43.0. The van der Waals surface area contributed by atoms with Gasteiger partial charge in [0.1, 0.15) is 22.3 Å². The molecule has 1 aliphatic carbocycles. The Bertz CT molecular complexity index is 5180. The van der Waals surface area contributed by atoms with Crippen LogP contribution in [0.4, 0.5) is 45.5 Å². The predicted molar refractivity (Wildman–Crippen MR) is 330 cm³/mol. The Labute approximate surface area is 459 Å². The SMILES string of the molecule is C1=C(c2ccc3oc4ccccc4c3c2)C=C2c3cc4ccc(N(c5ccccc5)c5cccc6c5oc5ccccc56)cc4cc3N3c4cc5cc(N(c6ccccc6)c6cccc7c6oc6ccccc67)ccc5cc4C1C23. The van der Waals surface area contributed by atoms with Gasteiger partial charge in [0, 0.05) is 72.2 Å². The van der Waals surface area contributed by atoms with E-state index in [0.717, 1.165) is 105 Å². The summed E-state index contributed by atoms with van der Waals surface area (Å²) in [6.45, 7) is 0. The first-order chi connectivity index (χ1) is 39.6. The molecule has 80 heavy (non-hydrogen) atoms. The molecule has 2 unspecified atom stereocenters. The first-order valence-corrected chi connectivity index (χ1v) is 27.4. The van der Waals surface area contributed by atoms with Crippen molar-refractivity contribution in [3.05, 3.63) is 278 Å². The molecule has 0 N–H and O–H groups in total. The summed E-state index contributed by atoms with van der Waals surface area (Å²) in [5, 5.41) is 11.4. The number of furan rings is 3. The number of fused-ring (bicyclic) bond motifs is 17. The number of hydrogen-bond acceptors (Lipinski definition) is 6.